The maximum absolute atomic E-state index is 12.3. The second kappa shape index (κ2) is 9.51. The van der Waals surface area contributed by atoms with Crippen LogP contribution in [0.5, 0.6) is 5.75 Å². The highest BCUT2D eigenvalue weighted by Gasteiger charge is 2.35. The molecule has 1 saturated carbocycles. The number of fused-ring (bicyclic) bond motifs is 1. The third-order valence-electron chi connectivity index (χ3n) is 6.25. The van der Waals surface area contributed by atoms with E-state index in [0.717, 1.165) is 46.0 Å². The predicted octanol–water partition coefficient (Wildman–Crippen LogP) is 5.51. The summed E-state index contributed by atoms with van der Waals surface area (Å²) in [5, 5.41) is 19.7. The van der Waals surface area contributed by atoms with Crippen molar-refractivity contribution in [2.45, 2.75) is 63.2 Å². The van der Waals surface area contributed by atoms with E-state index in [1.54, 1.807) is 18.3 Å². The minimum absolute atomic E-state index is 0.0203. The topological polar surface area (TPSA) is 105 Å². The molecule has 2 aliphatic rings. The average molecular weight is 507 g/mol. The van der Waals surface area contributed by atoms with Crippen molar-refractivity contribution in [3.05, 3.63) is 53.1 Å². The quantitative estimate of drug-likeness (QED) is 0.391. The summed E-state index contributed by atoms with van der Waals surface area (Å²) in [4.78, 5) is 0. The fourth-order valence-corrected chi connectivity index (χ4v) is 6.52. The summed E-state index contributed by atoms with van der Waals surface area (Å²) in [6.07, 6.45) is 5.78. The van der Waals surface area contributed by atoms with Crippen LogP contribution < -0.4 is 4.74 Å². The molecule has 3 aromatic rings. The summed E-state index contributed by atoms with van der Waals surface area (Å²) < 4.78 is 34.2. The van der Waals surface area contributed by atoms with Gasteiger partial charge in [0.2, 0.25) is 0 Å². The van der Waals surface area contributed by atoms with Crippen LogP contribution in [0.4, 0.5) is 0 Å². The van der Waals surface area contributed by atoms with Crippen molar-refractivity contribution in [1.29, 1.82) is 5.26 Å². The summed E-state index contributed by atoms with van der Waals surface area (Å²) >= 11 is 1.48. The molecule has 1 aromatic heterocycles. The highest BCUT2D eigenvalue weighted by molar-refractivity contribution is 7.91. The Balaban J connectivity index is 1.44. The van der Waals surface area contributed by atoms with Crippen LogP contribution in [-0.4, -0.2) is 36.2 Å². The maximum atomic E-state index is 12.3. The number of hydrogen-bond donors (Lipinski definition) is 0. The second-order valence-corrected chi connectivity index (χ2v) is 12.1. The third-order valence-corrected chi connectivity index (χ3v) is 8.99. The van der Waals surface area contributed by atoms with Gasteiger partial charge in [0.05, 0.1) is 16.9 Å². The van der Waals surface area contributed by atoms with Crippen LogP contribution in [0.1, 0.15) is 62.1 Å². The third kappa shape index (κ3) is 5.00. The molecule has 9 heteroatoms. The Labute approximate surface area is 209 Å². The summed E-state index contributed by atoms with van der Waals surface area (Å²) in [6.45, 7) is 3.85. The number of sulfonamides is 1. The number of rotatable bonds is 7. The molecule has 1 atom stereocenters. The predicted molar refractivity (Wildman–Crippen MR) is 137 cm³/mol. The molecule has 0 radical (unpaired) electrons. The number of nitriles is 1. The van der Waals surface area contributed by atoms with Crippen LogP contribution in [0.25, 0.3) is 21.1 Å². The Kier molecular flexibility index (Phi) is 6.43. The van der Waals surface area contributed by atoms with Gasteiger partial charge in [0, 0.05) is 23.3 Å². The fraction of sp³-hybridized carbons (Fsp3) is 0.385. The van der Waals surface area contributed by atoms with Crippen LogP contribution in [-0.2, 0) is 16.4 Å². The first-order chi connectivity index (χ1) is 16.9. The van der Waals surface area contributed by atoms with Gasteiger partial charge in [-0.3, -0.25) is 0 Å². The zero-order valence-corrected chi connectivity index (χ0v) is 21.3. The minimum Gasteiger partial charge on any atom is -0.490 e. The summed E-state index contributed by atoms with van der Waals surface area (Å²) in [6, 6.07) is 13.8. The van der Waals surface area contributed by atoms with E-state index < -0.39 is 10.0 Å². The van der Waals surface area contributed by atoms with Crippen LogP contribution in [0, 0.1) is 11.3 Å². The molecule has 0 spiro atoms. The monoisotopic (exact) mass is 506 g/mol. The first-order valence-electron chi connectivity index (χ1n) is 11.8. The van der Waals surface area contributed by atoms with Crippen molar-refractivity contribution in [3.63, 3.8) is 0 Å². The summed E-state index contributed by atoms with van der Waals surface area (Å²) in [7, 11) is -3.38. The van der Waals surface area contributed by atoms with E-state index in [-0.39, 0.29) is 17.3 Å². The van der Waals surface area contributed by atoms with Gasteiger partial charge < -0.3 is 4.74 Å². The molecule has 0 saturated heterocycles. The van der Waals surface area contributed by atoms with Gasteiger partial charge in [-0.05, 0) is 75.3 Å². The molecule has 0 aliphatic heterocycles. The lowest BCUT2D eigenvalue weighted by Crippen LogP contribution is -2.13. The van der Waals surface area contributed by atoms with Crippen molar-refractivity contribution in [1.82, 2.24) is 10.2 Å². The zero-order valence-electron chi connectivity index (χ0n) is 19.6. The Morgan fingerprint density at radius 1 is 1.17 bits per heavy atom. The van der Waals surface area contributed by atoms with Gasteiger partial charge >= 0.3 is 0 Å². The molecular formula is C26H26N4O3S2. The SMILES string of the molecule is CC(C)Oc1ccc(-c2nnc(-c3cccc4c3CCCC4C=NS(=O)(=O)C3CC3)s2)cc1C#N. The Bertz CT molecular complexity index is 1430. The molecule has 1 fully saturated rings. The lowest BCUT2D eigenvalue weighted by atomic mass is 9.81. The highest BCUT2D eigenvalue weighted by Crippen LogP contribution is 2.40. The Hall–Kier alpha value is -3.09. The fourth-order valence-electron chi connectivity index (χ4n) is 4.41. The number of benzene rings is 2. The first kappa shape index (κ1) is 23.6. The molecule has 2 aromatic carbocycles. The summed E-state index contributed by atoms with van der Waals surface area (Å²) in [5.41, 5.74) is 4.60. The molecule has 180 valence electrons. The van der Waals surface area contributed by atoms with Crippen molar-refractivity contribution in [2.75, 3.05) is 0 Å². The van der Waals surface area contributed by atoms with Crippen molar-refractivity contribution < 1.29 is 13.2 Å². The van der Waals surface area contributed by atoms with Crippen molar-refractivity contribution >= 4 is 27.6 Å². The van der Waals surface area contributed by atoms with E-state index in [0.29, 0.717) is 24.2 Å². The molecule has 7 nitrogen and oxygen atoms in total. The van der Waals surface area contributed by atoms with Crippen LogP contribution >= 0.6 is 11.3 Å². The van der Waals surface area contributed by atoms with E-state index >= 15 is 0 Å². The van der Waals surface area contributed by atoms with E-state index in [4.69, 9.17) is 4.74 Å². The van der Waals surface area contributed by atoms with E-state index in [9.17, 15) is 13.7 Å². The van der Waals surface area contributed by atoms with E-state index in [1.165, 1.54) is 16.9 Å². The van der Waals surface area contributed by atoms with Crippen LogP contribution in [0.3, 0.4) is 0 Å². The maximum Gasteiger partial charge on any atom is 0.255 e. The molecule has 5 rings (SSSR count). The lowest BCUT2D eigenvalue weighted by molar-refractivity contribution is 0.242. The standard InChI is InChI=1S/C26H26N4O3S2/c1-16(2)33-24-12-9-17(13-19(24)14-27)25-29-30-26(34-25)23-8-4-6-21-18(5-3-7-22(21)23)15-28-35(31,32)20-10-11-20/h4,6,8-9,12-13,15-16,18,20H,3,5,7,10-11H2,1-2H3. The molecular weight excluding hydrogens is 480 g/mol. The minimum atomic E-state index is -3.38. The Morgan fingerprint density at radius 3 is 2.71 bits per heavy atom. The number of nitrogens with zero attached hydrogens (tertiary/aromatic N) is 4. The van der Waals surface area contributed by atoms with Gasteiger partial charge in [-0.25, -0.2) is 8.42 Å². The van der Waals surface area contributed by atoms with Gasteiger partial charge in [0.1, 0.15) is 21.8 Å². The Morgan fingerprint density at radius 2 is 1.97 bits per heavy atom. The van der Waals surface area contributed by atoms with Crippen LogP contribution in [0.15, 0.2) is 40.8 Å². The largest absolute Gasteiger partial charge is 0.490 e. The normalized spacial score (nSPS) is 17.9. The van der Waals surface area contributed by atoms with Crippen molar-refractivity contribution in [2.24, 2.45) is 4.40 Å². The van der Waals surface area contributed by atoms with Crippen LogP contribution in [0.2, 0.25) is 0 Å². The van der Waals surface area contributed by atoms with Gasteiger partial charge in [0.25, 0.3) is 10.0 Å². The van der Waals surface area contributed by atoms with Gasteiger partial charge in [0.15, 0.2) is 0 Å². The highest BCUT2D eigenvalue weighted by atomic mass is 32.2. The smallest absolute Gasteiger partial charge is 0.255 e. The first-order valence-corrected chi connectivity index (χ1v) is 14.1. The number of ether oxygens (including phenoxy) is 1. The van der Waals surface area contributed by atoms with Gasteiger partial charge in [-0.1, -0.05) is 29.5 Å². The summed E-state index contributed by atoms with van der Waals surface area (Å²) in [5.74, 6) is 0.538. The lowest BCUT2D eigenvalue weighted by Gasteiger charge is -2.24. The average Bonchev–Trinajstić information content (AvgIpc) is 3.61. The molecule has 35 heavy (non-hydrogen) atoms. The molecule has 1 heterocycles. The molecule has 0 amide bonds. The number of aromatic nitrogens is 2. The van der Waals surface area contributed by atoms with E-state index in [1.807, 2.05) is 32.0 Å². The number of hydrogen-bond acceptors (Lipinski definition) is 7. The molecule has 2 aliphatic carbocycles. The van der Waals surface area contributed by atoms with Gasteiger partial charge in [-0.2, -0.15) is 9.66 Å². The van der Waals surface area contributed by atoms with Gasteiger partial charge in [-0.15, -0.1) is 10.2 Å². The molecule has 0 N–H and O–H groups in total. The zero-order chi connectivity index (χ0) is 24.6. The molecule has 1 unspecified atom stereocenters. The molecule has 0 bridgehead atoms. The van der Waals surface area contributed by atoms with Crippen molar-refractivity contribution in [3.8, 4) is 33.0 Å². The second-order valence-electron chi connectivity index (χ2n) is 9.24. The van der Waals surface area contributed by atoms with E-state index in [2.05, 4.69) is 26.7 Å².